The molecule has 0 aromatic rings. The zero-order valence-electron chi connectivity index (χ0n) is 9.62. The third-order valence-electron chi connectivity index (χ3n) is 2.98. The van der Waals surface area contributed by atoms with Gasteiger partial charge in [0.2, 0.25) is 0 Å². The molecule has 0 aliphatic carbocycles. The summed E-state index contributed by atoms with van der Waals surface area (Å²) in [5.74, 6) is 1.35. The van der Waals surface area contributed by atoms with E-state index in [-0.39, 0.29) is 12.4 Å². The summed E-state index contributed by atoms with van der Waals surface area (Å²) in [7, 11) is 0. The lowest BCUT2D eigenvalue weighted by Gasteiger charge is -2.36. The predicted octanol–water partition coefficient (Wildman–Crippen LogP) is 2.67. The molecule has 0 bridgehead atoms. The molecule has 90 valence electrons. The molecule has 2 saturated heterocycles. The lowest BCUT2D eigenvalue weighted by molar-refractivity contribution is -0.0607. The summed E-state index contributed by atoms with van der Waals surface area (Å²) in [4.78, 5) is 0. The Morgan fingerprint density at radius 3 is 2.80 bits per heavy atom. The molecule has 15 heavy (non-hydrogen) atoms. The van der Waals surface area contributed by atoms with Crippen molar-refractivity contribution in [2.24, 2.45) is 5.41 Å². The second kappa shape index (κ2) is 5.76. The molecule has 0 aromatic heterocycles. The molecule has 2 rings (SSSR count). The first-order valence-electron chi connectivity index (χ1n) is 5.62. The maximum Gasteiger partial charge on any atom is 0.109 e. The van der Waals surface area contributed by atoms with E-state index in [9.17, 15) is 0 Å². The molecule has 2 fully saturated rings. The average molecular weight is 252 g/mol. The van der Waals surface area contributed by atoms with E-state index in [0.29, 0.717) is 11.6 Å². The molecule has 2 unspecified atom stereocenters. The number of halogens is 1. The fraction of sp³-hybridized carbons (Fsp3) is 1.00. The van der Waals surface area contributed by atoms with E-state index in [4.69, 9.17) is 4.74 Å². The molecule has 2 nitrogen and oxygen atoms in total. The standard InChI is InChI=1S/C11H21NOS.ClH/c1-11(2)7-12-10(13-8-11)6-9-4-3-5-14-9;/h9-10,12H,3-8H2,1-2H3;1H. The molecule has 0 saturated carbocycles. The van der Waals surface area contributed by atoms with Gasteiger partial charge in [-0.2, -0.15) is 11.8 Å². The number of hydrogen-bond donors (Lipinski definition) is 1. The maximum atomic E-state index is 5.83. The zero-order valence-corrected chi connectivity index (χ0v) is 11.3. The molecular weight excluding hydrogens is 230 g/mol. The fourth-order valence-electron chi connectivity index (χ4n) is 2.05. The van der Waals surface area contributed by atoms with Crippen molar-refractivity contribution in [3.05, 3.63) is 0 Å². The van der Waals surface area contributed by atoms with E-state index in [0.717, 1.165) is 18.4 Å². The normalized spacial score (nSPS) is 34.8. The Morgan fingerprint density at radius 1 is 1.47 bits per heavy atom. The quantitative estimate of drug-likeness (QED) is 0.816. The minimum atomic E-state index is 0. The Kier molecular flexibility index (Phi) is 5.23. The van der Waals surface area contributed by atoms with Gasteiger partial charge in [0.15, 0.2) is 0 Å². The second-order valence-corrected chi connectivity index (χ2v) is 6.62. The lowest BCUT2D eigenvalue weighted by Crippen LogP contribution is -2.48. The summed E-state index contributed by atoms with van der Waals surface area (Å²) in [6, 6.07) is 0. The summed E-state index contributed by atoms with van der Waals surface area (Å²) in [6.45, 7) is 6.50. The van der Waals surface area contributed by atoms with E-state index < -0.39 is 0 Å². The fourth-order valence-corrected chi connectivity index (χ4v) is 3.36. The first-order chi connectivity index (χ1) is 6.66. The highest BCUT2D eigenvalue weighted by Crippen LogP contribution is 2.31. The number of thioether (sulfide) groups is 1. The first-order valence-corrected chi connectivity index (χ1v) is 6.67. The van der Waals surface area contributed by atoms with Crippen LogP contribution in [-0.2, 0) is 4.74 Å². The largest absolute Gasteiger partial charge is 0.363 e. The van der Waals surface area contributed by atoms with Gasteiger partial charge in [-0.3, -0.25) is 5.32 Å². The SMILES string of the molecule is CC1(C)CNC(CC2CCCS2)OC1.Cl. The Labute approximate surface area is 103 Å². The summed E-state index contributed by atoms with van der Waals surface area (Å²) in [6.07, 6.45) is 4.29. The molecular formula is C11H22ClNOS. The zero-order chi connectivity index (χ0) is 10.0. The molecule has 4 heteroatoms. The van der Waals surface area contributed by atoms with Crippen LogP contribution in [0.3, 0.4) is 0 Å². The lowest BCUT2D eigenvalue weighted by atomic mass is 9.93. The highest BCUT2D eigenvalue weighted by Gasteiger charge is 2.29. The maximum absolute atomic E-state index is 5.83. The molecule has 0 aromatic carbocycles. The van der Waals surface area contributed by atoms with Crippen LogP contribution in [0.4, 0.5) is 0 Å². The van der Waals surface area contributed by atoms with Crippen molar-refractivity contribution in [1.82, 2.24) is 5.32 Å². The van der Waals surface area contributed by atoms with Crippen molar-refractivity contribution in [1.29, 1.82) is 0 Å². The minimum absolute atomic E-state index is 0. The first kappa shape index (κ1) is 13.6. The highest BCUT2D eigenvalue weighted by atomic mass is 35.5. The molecule has 0 amide bonds. The summed E-state index contributed by atoms with van der Waals surface area (Å²) in [5, 5.41) is 4.34. The molecule has 2 heterocycles. The number of nitrogens with one attached hydrogen (secondary N) is 1. The number of ether oxygens (including phenoxy) is 1. The van der Waals surface area contributed by atoms with Gasteiger partial charge >= 0.3 is 0 Å². The van der Waals surface area contributed by atoms with Gasteiger partial charge in [0.05, 0.1) is 6.61 Å². The van der Waals surface area contributed by atoms with Gasteiger partial charge in [-0.25, -0.2) is 0 Å². The Balaban J connectivity index is 0.00000112. The molecule has 2 aliphatic heterocycles. The van der Waals surface area contributed by atoms with Crippen molar-refractivity contribution in [2.75, 3.05) is 18.9 Å². The Hall–Kier alpha value is 0.560. The van der Waals surface area contributed by atoms with Gasteiger partial charge in [-0.05, 0) is 25.0 Å². The van der Waals surface area contributed by atoms with Gasteiger partial charge in [-0.15, -0.1) is 12.4 Å². The molecule has 1 N–H and O–H groups in total. The van der Waals surface area contributed by atoms with Crippen molar-refractivity contribution in [3.63, 3.8) is 0 Å². The predicted molar refractivity (Wildman–Crippen MR) is 68.9 cm³/mol. The van der Waals surface area contributed by atoms with E-state index >= 15 is 0 Å². The van der Waals surface area contributed by atoms with Crippen LogP contribution >= 0.6 is 24.2 Å². The number of rotatable bonds is 2. The van der Waals surface area contributed by atoms with E-state index in [1.807, 2.05) is 0 Å². The van der Waals surface area contributed by atoms with Crippen LogP contribution < -0.4 is 5.32 Å². The van der Waals surface area contributed by atoms with Gasteiger partial charge < -0.3 is 4.74 Å². The van der Waals surface area contributed by atoms with Crippen LogP contribution in [0.5, 0.6) is 0 Å². The van der Waals surface area contributed by atoms with Crippen LogP contribution in [0.1, 0.15) is 33.1 Å². The molecule has 2 atom stereocenters. The molecule has 0 radical (unpaired) electrons. The van der Waals surface area contributed by atoms with Crippen LogP contribution in [0.15, 0.2) is 0 Å². The van der Waals surface area contributed by atoms with E-state index in [2.05, 4.69) is 30.9 Å². The van der Waals surface area contributed by atoms with E-state index in [1.165, 1.54) is 25.0 Å². The Bertz CT molecular complexity index is 185. The van der Waals surface area contributed by atoms with E-state index in [1.54, 1.807) is 0 Å². The monoisotopic (exact) mass is 251 g/mol. The van der Waals surface area contributed by atoms with Crippen LogP contribution in [-0.4, -0.2) is 30.4 Å². The second-order valence-electron chi connectivity index (χ2n) is 5.22. The summed E-state index contributed by atoms with van der Waals surface area (Å²) >= 11 is 2.12. The van der Waals surface area contributed by atoms with Crippen molar-refractivity contribution in [2.45, 2.75) is 44.6 Å². The van der Waals surface area contributed by atoms with Gasteiger partial charge in [-0.1, -0.05) is 13.8 Å². The third-order valence-corrected chi connectivity index (χ3v) is 4.41. The van der Waals surface area contributed by atoms with Crippen molar-refractivity contribution >= 4 is 24.2 Å². The smallest absolute Gasteiger partial charge is 0.109 e. The van der Waals surface area contributed by atoms with Crippen LogP contribution in [0.2, 0.25) is 0 Å². The summed E-state index contributed by atoms with van der Waals surface area (Å²) < 4.78 is 5.83. The van der Waals surface area contributed by atoms with Crippen LogP contribution in [0.25, 0.3) is 0 Å². The number of hydrogen-bond acceptors (Lipinski definition) is 3. The van der Waals surface area contributed by atoms with Gasteiger partial charge in [0.1, 0.15) is 6.23 Å². The molecule has 2 aliphatic rings. The topological polar surface area (TPSA) is 21.3 Å². The van der Waals surface area contributed by atoms with Gasteiger partial charge in [0, 0.05) is 17.2 Å². The summed E-state index contributed by atoms with van der Waals surface area (Å²) in [5.41, 5.74) is 0.319. The molecule has 0 spiro atoms. The Morgan fingerprint density at radius 2 is 2.27 bits per heavy atom. The van der Waals surface area contributed by atoms with Crippen molar-refractivity contribution < 1.29 is 4.74 Å². The van der Waals surface area contributed by atoms with Crippen molar-refractivity contribution in [3.8, 4) is 0 Å². The minimum Gasteiger partial charge on any atom is -0.363 e. The third kappa shape index (κ3) is 4.14. The van der Waals surface area contributed by atoms with Gasteiger partial charge in [0.25, 0.3) is 0 Å². The van der Waals surface area contributed by atoms with Crippen LogP contribution in [0, 0.1) is 5.41 Å². The highest BCUT2D eigenvalue weighted by molar-refractivity contribution is 8.00. The average Bonchev–Trinajstić information content (AvgIpc) is 2.61.